The first-order valence-electron chi connectivity index (χ1n) is 13.2. The monoisotopic (exact) mass is 554 g/mol. The van der Waals surface area contributed by atoms with Crippen LogP contribution in [-0.2, 0) is 25.5 Å². The average Bonchev–Trinajstić information content (AvgIpc) is 2.81. The third kappa shape index (κ3) is 12.3. The van der Waals surface area contributed by atoms with Gasteiger partial charge in [-0.1, -0.05) is 12.1 Å². The maximum Gasteiger partial charge on any atom is 0.408 e. The van der Waals surface area contributed by atoms with E-state index in [2.05, 4.69) is 16.0 Å². The van der Waals surface area contributed by atoms with Crippen molar-refractivity contribution in [3.63, 3.8) is 0 Å². The molecule has 218 valence electrons. The van der Waals surface area contributed by atoms with Crippen LogP contribution in [0.25, 0.3) is 0 Å². The Morgan fingerprint density at radius 2 is 1.30 bits per heavy atom. The zero-order chi connectivity index (χ0) is 30.1. The second kappa shape index (κ2) is 13.9. The second-order valence-electron chi connectivity index (χ2n) is 11.8. The molecule has 0 spiro atoms. The lowest BCUT2D eigenvalue weighted by molar-refractivity contribution is -0.118. The minimum atomic E-state index is -0.957. The van der Waals surface area contributed by atoms with Crippen LogP contribution in [0.4, 0.5) is 16.2 Å². The standard InChI is InChI=1S/C30H42N4O6/c1-29(2,3)39-27(37)21-11-15-23(16-12-21)32-26(36)24(33-28(38)40-30(4,5)6)19-20-9-13-22(14-10-20)31-25(35)17-18-34(7)8/h9-16,24H,17-19H2,1-8H3,(H,31,35)(H,32,36)(H,33,38)/t24-/m0/s1. The molecule has 0 fully saturated rings. The lowest BCUT2D eigenvalue weighted by Gasteiger charge is -2.23. The largest absolute Gasteiger partial charge is 0.456 e. The lowest BCUT2D eigenvalue weighted by Crippen LogP contribution is -2.47. The van der Waals surface area contributed by atoms with Crippen molar-refractivity contribution < 1.29 is 28.7 Å². The van der Waals surface area contributed by atoms with E-state index in [4.69, 9.17) is 9.47 Å². The number of esters is 1. The van der Waals surface area contributed by atoms with Crippen molar-refractivity contribution in [1.82, 2.24) is 10.2 Å². The summed E-state index contributed by atoms with van der Waals surface area (Å²) in [6.07, 6.45) is -0.177. The van der Waals surface area contributed by atoms with Gasteiger partial charge in [0.1, 0.15) is 17.2 Å². The summed E-state index contributed by atoms with van der Waals surface area (Å²) in [4.78, 5) is 52.1. The molecule has 2 rings (SSSR count). The number of anilines is 2. The van der Waals surface area contributed by atoms with Crippen LogP contribution < -0.4 is 16.0 Å². The van der Waals surface area contributed by atoms with E-state index in [1.807, 2.05) is 19.0 Å². The van der Waals surface area contributed by atoms with Crippen molar-refractivity contribution in [3.8, 4) is 0 Å². The van der Waals surface area contributed by atoms with E-state index >= 15 is 0 Å². The molecule has 0 saturated carbocycles. The lowest BCUT2D eigenvalue weighted by atomic mass is 10.0. The van der Waals surface area contributed by atoms with Gasteiger partial charge >= 0.3 is 12.1 Å². The van der Waals surface area contributed by atoms with Crippen LogP contribution in [-0.4, -0.2) is 66.7 Å². The van der Waals surface area contributed by atoms with Crippen LogP contribution in [0.2, 0.25) is 0 Å². The number of carbonyl (C=O) groups is 4. The maximum absolute atomic E-state index is 13.2. The Balaban J connectivity index is 2.12. The Morgan fingerprint density at radius 3 is 1.82 bits per heavy atom. The van der Waals surface area contributed by atoms with E-state index in [9.17, 15) is 19.2 Å². The molecule has 10 nitrogen and oxygen atoms in total. The van der Waals surface area contributed by atoms with Crippen molar-refractivity contribution in [3.05, 3.63) is 59.7 Å². The van der Waals surface area contributed by atoms with E-state index in [-0.39, 0.29) is 12.3 Å². The molecule has 0 aliphatic carbocycles. The van der Waals surface area contributed by atoms with Gasteiger partial charge < -0.3 is 30.3 Å². The molecule has 0 heterocycles. The minimum absolute atomic E-state index is 0.0945. The van der Waals surface area contributed by atoms with Gasteiger partial charge in [-0.2, -0.15) is 0 Å². The Morgan fingerprint density at radius 1 is 0.775 bits per heavy atom. The molecule has 2 aromatic carbocycles. The van der Waals surface area contributed by atoms with Gasteiger partial charge in [-0.15, -0.1) is 0 Å². The first-order chi connectivity index (χ1) is 18.5. The van der Waals surface area contributed by atoms with Gasteiger partial charge in [0.25, 0.3) is 0 Å². The average molecular weight is 555 g/mol. The number of nitrogens with one attached hydrogen (secondary N) is 3. The number of carbonyl (C=O) groups excluding carboxylic acids is 4. The first-order valence-corrected chi connectivity index (χ1v) is 13.2. The van der Waals surface area contributed by atoms with Gasteiger partial charge in [0, 0.05) is 30.8 Å². The van der Waals surface area contributed by atoms with Gasteiger partial charge in [0.15, 0.2) is 0 Å². The van der Waals surface area contributed by atoms with Gasteiger partial charge in [0.05, 0.1) is 5.56 Å². The summed E-state index contributed by atoms with van der Waals surface area (Å²) in [7, 11) is 3.80. The van der Waals surface area contributed by atoms with Crippen LogP contribution >= 0.6 is 0 Å². The quantitative estimate of drug-likeness (QED) is 0.366. The summed E-state index contributed by atoms with van der Waals surface area (Å²) < 4.78 is 10.7. The Bertz CT molecular complexity index is 1160. The molecule has 3 amide bonds. The number of rotatable bonds is 10. The van der Waals surface area contributed by atoms with E-state index in [1.165, 1.54) is 0 Å². The molecule has 3 N–H and O–H groups in total. The summed E-state index contributed by atoms with van der Waals surface area (Å²) in [5.74, 6) is -1.02. The summed E-state index contributed by atoms with van der Waals surface area (Å²) >= 11 is 0. The highest BCUT2D eigenvalue weighted by molar-refractivity contribution is 5.97. The van der Waals surface area contributed by atoms with Crippen molar-refractivity contribution >= 4 is 35.3 Å². The van der Waals surface area contributed by atoms with E-state index in [0.29, 0.717) is 29.9 Å². The molecule has 0 aromatic heterocycles. The van der Waals surface area contributed by atoms with Gasteiger partial charge in [-0.25, -0.2) is 9.59 Å². The fourth-order valence-corrected chi connectivity index (χ4v) is 3.42. The number of ether oxygens (including phenoxy) is 2. The molecular weight excluding hydrogens is 512 g/mol. The SMILES string of the molecule is CN(C)CCC(=O)Nc1ccc(C[C@H](NC(=O)OC(C)(C)C)C(=O)Nc2ccc(C(=O)OC(C)(C)C)cc2)cc1. The van der Waals surface area contributed by atoms with Crippen molar-refractivity contribution in [2.45, 2.75) is 71.6 Å². The summed E-state index contributed by atoms with van der Waals surface area (Å²) in [5, 5.41) is 8.28. The third-order valence-electron chi connectivity index (χ3n) is 5.26. The van der Waals surface area contributed by atoms with E-state index < -0.39 is 35.2 Å². The molecule has 0 bridgehead atoms. The second-order valence-corrected chi connectivity index (χ2v) is 11.8. The van der Waals surface area contributed by atoms with Crippen LogP contribution in [0.5, 0.6) is 0 Å². The molecule has 2 aromatic rings. The molecule has 10 heteroatoms. The molecule has 0 aliphatic heterocycles. The van der Waals surface area contributed by atoms with Crippen LogP contribution in [0.3, 0.4) is 0 Å². The topological polar surface area (TPSA) is 126 Å². The maximum atomic E-state index is 13.2. The van der Waals surface area contributed by atoms with E-state index in [1.54, 1.807) is 90.1 Å². The number of alkyl carbamates (subject to hydrolysis) is 1. The van der Waals surface area contributed by atoms with E-state index in [0.717, 1.165) is 5.56 Å². The smallest absolute Gasteiger partial charge is 0.408 e. The highest BCUT2D eigenvalue weighted by Crippen LogP contribution is 2.17. The number of nitrogens with zero attached hydrogens (tertiary/aromatic N) is 1. The molecule has 0 radical (unpaired) electrons. The highest BCUT2D eigenvalue weighted by Gasteiger charge is 2.25. The molecular formula is C30H42N4O6. The van der Waals surface area contributed by atoms with Gasteiger partial charge in [-0.3, -0.25) is 9.59 Å². The Kier molecular flexibility index (Phi) is 11.2. The van der Waals surface area contributed by atoms with Crippen LogP contribution in [0.15, 0.2) is 48.5 Å². The number of benzene rings is 2. The molecule has 0 aliphatic rings. The Labute approximate surface area is 236 Å². The molecule has 0 saturated heterocycles. The first kappa shape index (κ1) is 32.3. The molecule has 0 unspecified atom stereocenters. The van der Waals surface area contributed by atoms with Crippen LogP contribution in [0.1, 0.15) is 63.9 Å². The zero-order valence-corrected chi connectivity index (χ0v) is 24.7. The number of hydrogen-bond acceptors (Lipinski definition) is 7. The fourth-order valence-electron chi connectivity index (χ4n) is 3.42. The normalized spacial score (nSPS) is 12.3. The summed E-state index contributed by atoms with van der Waals surface area (Å²) in [6, 6.07) is 12.4. The molecule has 40 heavy (non-hydrogen) atoms. The van der Waals surface area contributed by atoms with Crippen LogP contribution in [0, 0.1) is 0 Å². The fraction of sp³-hybridized carbons (Fsp3) is 0.467. The molecule has 1 atom stereocenters. The zero-order valence-electron chi connectivity index (χ0n) is 24.7. The van der Waals surface area contributed by atoms with Gasteiger partial charge in [-0.05, 0) is 97.6 Å². The third-order valence-corrected chi connectivity index (χ3v) is 5.26. The predicted molar refractivity (Wildman–Crippen MR) is 155 cm³/mol. The predicted octanol–water partition coefficient (Wildman–Crippen LogP) is 4.61. The number of hydrogen-bond donors (Lipinski definition) is 3. The van der Waals surface area contributed by atoms with Crippen molar-refractivity contribution in [2.75, 3.05) is 31.3 Å². The Hall–Kier alpha value is -3.92. The van der Waals surface area contributed by atoms with Crippen molar-refractivity contribution in [2.24, 2.45) is 0 Å². The van der Waals surface area contributed by atoms with Crippen molar-refractivity contribution in [1.29, 1.82) is 0 Å². The summed E-state index contributed by atoms with van der Waals surface area (Å²) in [6.45, 7) is 11.2. The summed E-state index contributed by atoms with van der Waals surface area (Å²) in [5.41, 5.74) is 0.839. The van der Waals surface area contributed by atoms with Gasteiger partial charge in [0.2, 0.25) is 11.8 Å². The number of amides is 3. The highest BCUT2D eigenvalue weighted by atomic mass is 16.6. The minimum Gasteiger partial charge on any atom is -0.456 e.